The molecule has 0 radical (unpaired) electrons. The third-order valence-electron chi connectivity index (χ3n) is 3.19. The van der Waals surface area contributed by atoms with Crippen molar-refractivity contribution in [1.82, 2.24) is 9.78 Å². The standard InChI is InChI=1S/C15H17N3O3/c1-8-5-9(2)12(10(3)6-8)16-14(19)13-11(15(20)21)7-18(4)17-13/h5-7H,1-4H3,(H,16,19)(H,20,21). The molecule has 6 nitrogen and oxygen atoms in total. The Hall–Kier alpha value is -2.63. The molecule has 0 aliphatic carbocycles. The van der Waals surface area contributed by atoms with Gasteiger partial charge in [0.15, 0.2) is 5.69 Å². The molecule has 0 saturated carbocycles. The van der Waals surface area contributed by atoms with Crippen LogP contribution in [0.5, 0.6) is 0 Å². The van der Waals surface area contributed by atoms with Crippen LogP contribution in [0.3, 0.4) is 0 Å². The Labute approximate surface area is 122 Å². The predicted octanol–water partition coefficient (Wildman–Crippen LogP) is 2.30. The van der Waals surface area contributed by atoms with Gasteiger partial charge in [0.2, 0.25) is 0 Å². The van der Waals surface area contributed by atoms with Gasteiger partial charge in [-0.25, -0.2) is 4.79 Å². The molecule has 0 aliphatic heterocycles. The molecule has 1 amide bonds. The topological polar surface area (TPSA) is 84.2 Å². The number of carbonyl (C=O) groups is 2. The normalized spacial score (nSPS) is 10.5. The van der Waals surface area contributed by atoms with E-state index in [1.807, 2.05) is 32.9 Å². The van der Waals surface area contributed by atoms with Crippen LogP contribution in [0, 0.1) is 20.8 Å². The first-order valence-electron chi connectivity index (χ1n) is 6.45. The third-order valence-corrected chi connectivity index (χ3v) is 3.19. The minimum Gasteiger partial charge on any atom is -0.478 e. The molecule has 21 heavy (non-hydrogen) atoms. The smallest absolute Gasteiger partial charge is 0.339 e. The lowest BCUT2D eigenvalue weighted by Gasteiger charge is -2.12. The highest BCUT2D eigenvalue weighted by molar-refractivity contribution is 6.09. The van der Waals surface area contributed by atoms with Crippen molar-refractivity contribution in [1.29, 1.82) is 0 Å². The zero-order valence-corrected chi connectivity index (χ0v) is 12.4. The number of carbonyl (C=O) groups excluding carboxylic acids is 1. The van der Waals surface area contributed by atoms with Gasteiger partial charge < -0.3 is 10.4 Å². The van der Waals surface area contributed by atoms with Crippen LogP contribution < -0.4 is 5.32 Å². The molecule has 0 aliphatic rings. The number of nitrogens with zero attached hydrogens (tertiary/aromatic N) is 2. The number of benzene rings is 1. The SMILES string of the molecule is Cc1cc(C)c(NC(=O)c2nn(C)cc2C(=O)O)c(C)c1. The molecule has 0 saturated heterocycles. The average molecular weight is 287 g/mol. The van der Waals surface area contributed by atoms with E-state index in [9.17, 15) is 9.59 Å². The van der Waals surface area contributed by atoms with Crippen LogP contribution in [0.1, 0.15) is 37.5 Å². The summed E-state index contributed by atoms with van der Waals surface area (Å²) in [7, 11) is 1.57. The molecule has 0 bridgehead atoms. The van der Waals surface area contributed by atoms with E-state index in [1.165, 1.54) is 10.9 Å². The van der Waals surface area contributed by atoms with Crippen molar-refractivity contribution >= 4 is 17.6 Å². The van der Waals surface area contributed by atoms with Crippen molar-refractivity contribution in [3.05, 3.63) is 46.3 Å². The van der Waals surface area contributed by atoms with E-state index in [2.05, 4.69) is 10.4 Å². The minimum atomic E-state index is -1.18. The molecule has 2 N–H and O–H groups in total. The Balaban J connectivity index is 2.37. The van der Waals surface area contributed by atoms with Crippen molar-refractivity contribution in [3.63, 3.8) is 0 Å². The van der Waals surface area contributed by atoms with E-state index in [-0.39, 0.29) is 11.3 Å². The summed E-state index contributed by atoms with van der Waals surface area (Å²) < 4.78 is 1.31. The van der Waals surface area contributed by atoms with E-state index < -0.39 is 11.9 Å². The second-order valence-electron chi connectivity index (χ2n) is 5.10. The zero-order valence-electron chi connectivity index (χ0n) is 12.4. The van der Waals surface area contributed by atoms with Gasteiger partial charge in [0.1, 0.15) is 5.56 Å². The Morgan fingerprint density at radius 3 is 2.29 bits per heavy atom. The van der Waals surface area contributed by atoms with Crippen LogP contribution >= 0.6 is 0 Å². The van der Waals surface area contributed by atoms with Gasteiger partial charge in [-0.3, -0.25) is 9.48 Å². The van der Waals surface area contributed by atoms with Gasteiger partial charge in [-0.2, -0.15) is 5.10 Å². The number of nitrogens with one attached hydrogen (secondary N) is 1. The highest BCUT2D eigenvalue weighted by Crippen LogP contribution is 2.22. The van der Waals surface area contributed by atoms with Crippen molar-refractivity contribution in [2.75, 3.05) is 5.32 Å². The van der Waals surface area contributed by atoms with Gasteiger partial charge in [0, 0.05) is 18.9 Å². The Bertz CT molecular complexity index is 709. The molecule has 2 rings (SSSR count). The molecule has 0 fully saturated rings. The van der Waals surface area contributed by atoms with E-state index >= 15 is 0 Å². The van der Waals surface area contributed by atoms with Gasteiger partial charge >= 0.3 is 5.97 Å². The van der Waals surface area contributed by atoms with E-state index in [4.69, 9.17) is 5.11 Å². The van der Waals surface area contributed by atoms with Gasteiger partial charge in [0.25, 0.3) is 5.91 Å². The molecule has 6 heteroatoms. The van der Waals surface area contributed by atoms with Crippen molar-refractivity contribution in [3.8, 4) is 0 Å². The summed E-state index contributed by atoms with van der Waals surface area (Å²) in [4.78, 5) is 23.4. The van der Waals surface area contributed by atoms with Crippen molar-refractivity contribution in [2.24, 2.45) is 7.05 Å². The number of carboxylic acids is 1. The first-order valence-corrected chi connectivity index (χ1v) is 6.45. The number of rotatable bonds is 3. The monoisotopic (exact) mass is 287 g/mol. The van der Waals surface area contributed by atoms with Crippen LogP contribution in [0.25, 0.3) is 0 Å². The largest absolute Gasteiger partial charge is 0.478 e. The van der Waals surface area contributed by atoms with Gasteiger partial charge in [-0.1, -0.05) is 17.7 Å². The summed E-state index contributed by atoms with van der Waals surface area (Å²) in [6.07, 6.45) is 1.31. The maximum Gasteiger partial charge on any atom is 0.339 e. The number of carboxylic acid groups (broad SMARTS) is 1. The van der Waals surface area contributed by atoms with Crippen molar-refractivity contribution < 1.29 is 14.7 Å². The molecule has 110 valence electrons. The lowest BCUT2D eigenvalue weighted by molar-refractivity contribution is 0.0692. The Kier molecular flexibility index (Phi) is 3.80. The molecule has 2 aromatic rings. The van der Waals surface area contributed by atoms with Gasteiger partial charge in [-0.15, -0.1) is 0 Å². The molecule has 0 spiro atoms. The van der Waals surface area contributed by atoms with Gasteiger partial charge in [-0.05, 0) is 31.9 Å². The fourth-order valence-corrected chi connectivity index (χ4v) is 2.36. The number of aromatic carboxylic acids is 1. The Morgan fingerprint density at radius 2 is 1.76 bits per heavy atom. The van der Waals surface area contributed by atoms with Crippen LogP contribution in [0.4, 0.5) is 5.69 Å². The number of hydrogen-bond donors (Lipinski definition) is 2. The van der Waals surface area contributed by atoms with E-state index in [0.29, 0.717) is 5.69 Å². The summed E-state index contributed by atoms with van der Waals surface area (Å²) in [6.45, 7) is 5.77. The highest BCUT2D eigenvalue weighted by atomic mass is 16.4. The number of hydrogen-bond acceptors (Lipinski definition) is 3. The summed E-state index contributed by atoms with van der Waals surface area (Å²) in [6, 6.07) is 3.91. The maximum atomic E-state index is 12.3. The number of aromatic nitrogens is 2. The van der Waals surface area contributed by atoms with Crippen molar-refractivity contribution in [2.45, 2.75) is 20.8 Å². The molecule has 1 aromatic carbocycles. The lowest BCUT2D eigenvalue weighted by atomic mass is 10.0. The predicted molar refractivity (Wildman–Crippen MR) is 78.8 cm³/mol. The molecule has 0 unspecified atom stereocenters. The van der Waals surface area contributed by atoms with Gasteiger partial charge in [0.05, 0.1) is 0 Å². The van der Waals surface area contributed by atoms with E-state index in [1.54, 1.807) is 7.05 Å². The van der Waals surface area contributed by atoms with Crippen LogP contribution in [-0.4, -0.2) is 26.8 Å². The first-order chi connectivity index (χ1) is 9.79. The lowest BCUT2D eigenvalue weighted by Crippen LogP contribution is -2.17. The number of anilines is 1. The molecular formula is C15H17N3O3. The van der Waals surface area contributed by atoms with Crippen LogP contribution in [-0.2, 0) is 7.05 Å². The van der Waals surface area contributed by atoms with E-state index in [0.717, 1.165) is 16.7 Å². The molecule has 0 atom stereocenters. The molecular weight excluding hydrogens is 270 g/mol. The molecule has 1 heterocycles. The summed E-state index contributed by atoms with van der Waals surface area (Å²) in [5.41, 5.74) is 3.43. The average Bonchev–Trinajstić information content (AvgIpc) is 2.76. The van der Waals surface area contributed by atoms with Crippen LogP contribution in [0.15, 0.2) is 18.3 Å². The molecule has 1 aromatic heterocycles. The summed E-state index contributed by atoms with van der Waals surface area (Å²) in [5.74, 6) is -1.70. The minimum absolute atomic E-state index is 0.0932. The number of amides is 1. The second-order valence-corrected chi connectivity index (χ2v) is 5.10. The van der Waals surface area contributed by atoms with Crippen LogP contribution in [0.2, 0.25) is 0 Å². The first kappa shape index (κ1) is 14.8. The number of aryl methyl sites for hydroxylation is 4. The highest BCUT2D eigenvalue weighted by Gasteiger charge is 2.22. The zero-order chi connectivity index (χ0) is 15.7. The maximum absolute atomic E-state index is 12.3. The fraction of sp³-hybridized carbons (Fsp3) is 0.267. The Morgan fingerprint density at radius 1 is 1.19 bits per heavy atom. The fourth-order valence-electron chi connectivity index (χ4n) is 2.36. The third kappa shape index (κ3) is 2.94. The summed E-state index contributed by atoms with van der Waals surface area (Å²) >= 11 is 0. The second kappa shape index (κ2) is 5.40. The quantitative estimate of drug-likeness (QED) is 0.907. The summed E-state index contributed by atoms with van der Waals surface area (Å²) in [5, 5.41) is 15.8.